The minimum absolute atomic E-state index is 0.316. The van der Waals surface area contributed by atoms with E-state index in [9.17, 15) is 0 Å². The van der Waals surface area contributed by atoms with Crippen LogP contribution in [-0.2, 0) is 6.42 Å². The normalized spacial score (nSPS) is 25.9. The number of pyridine rings is 1. The molecule has 1 fully saturated rings. The van der Waals surface area contributed by atoms with Crippen LogP contribution in [-0.4, -0.2) is 36.1 Å². The molecule has 2 atom stereocenters. The second-order valence-corrected chi connectivity index (χ2v) is 6.68. The van der Waals surface area contributed by atoms with Gasteiger partial charge in [0.1, 0.15) is 0 Å². The Morgan fingerprint density at radius 2 is 2.05 bits per heavy atom. The Morgan fingerprint density at radius 1 is 1.37 bits per heavy atom. The van der Waals surface area contributed by atoms with Crippen molar-refractivity contribution in [2.75, 3.05) is 20.1 Å². The molecule has 3 nitrogen and oxygen atoms in total. The Kier molecular flexibility index (Phi) is 4.58. The number of likely N-dealkylation sites (N-methyl/N-ethyl adjacent to an activating group) is 1. The summed E-state index contributed by atoms with van der Waals surface area (Å²) < 4.78 is 0. The SMILES string of the molecule is CN(CCc1ccncc1)CC1CCC(C)(C)C1N. The lowest BCUT2D eigenvalue weighted by Crippen LogP contribution is -2.41. The van der Waals surface area contributed by atoms with E-state index in [0.717, 1.165) is 19.5 Å². The fourth-order valence-electron chi connectivity index (χ4n) is 3.11. The van der Waals surface area contributed by atoms with Gasteiger partial charge in [0.15, 0.2) is 0 Å². The predicted octanol–water partition coefficient (Wildman–Crippen LogP) is 2.32. The molecule has 0 aromatic carbocycles. The highest BCUT2D eigenvalue weighted by atomic mass is 15.1. The van der Waals surface area contributed by atoms with Crippen LogP contribution < -0.4 is 5.73 Å². The molecule has 19 heavy (non-hydrogen) atoms. The zero-order valence-electron chi connectivity index (χ0n) is 12.5. The molecular weight excluding hydrogens is 234 g/mol. The number of nitrogens with two attached hydrogens (primary N) is 1. The first-order valence-corrected chi connectivity index (χ1v) is 7.32. The van der Waals surface area contributed by atoms with Crippen LogP contribution in [0.2, 0.25) is 0 Å². The average Bonchev–Trinajstić information content (AvgIpc) is 2.65. The van der Waals surface area contributed by atoms with Crippen LogP contribution in [0.15, 0.2) is 24.5 Å². The summed E-state index contributed by atoms with van der Waals surface area (Å²) in [6.45, 7) is 6.81. The number of nitrogens with zero attached hydrogens (tertiary/aromatic N) is 2. The third-order valence-electron chi connectivity index (χ3n) is 4.65. The highest BCUT2D eigenvalue weighted by Crippen LogP contribution is 2.40. The van der Waals surface area contributed by atoms with Gasteiger partial charge in [0.25, 0.3) is 0 Å². The zero-order valence-corrected chi connectivity index (χ0v) is 12.5. The first-order valence-electron chi connectivity index (χ1n) is 7.32. The summed E-state index contributed by atoms with van der Waals surface area (Å²) in [7, 11) is 2.21. The van der Waals surface area contributed by atoms with E-state index in [-0.39, 0.29) is 0 Å². The minimum atomic E-state index is 0.316. The summed E-state index contributed by atoms with van der Waals surface area (Å²) >= 11 is 0. The van der Waals surface area contributed by atoms with E-state index in [1.54, 1.807) is 0 Å². The molecule has 1 heterocycles. The molecule has 0 bridgehead atoms. The standard InChI is InChI=1S/C16H27N3/c1-16(2)8-4-14(15(16)17)12-19(3)11-7-13-5-9-18-10-6-13/h5-6,9-10,14-15H,4,7-8,11-12,17H2,1-3H3. The molecule has 106 valence electrons. The van der Waals surface area contributed by atoms with Crippen molar-refractivity contribution in [1.82, 2.24) is 9.88 Å². The van der Waals surface area contributed by atoms with Crippen LogP contribution >= 0.6 is 0 Å². The third kappa shape index (κ3) is 3.77. The molecule has 2 N–H and O–H groups in total. The van der Waals surface area contributed by atoms with Gasteiger partial charge in [0.2, 0.25) is 0 Å². The molecule has 0 saturated heterocycles. The molecule has 0 radical (unpaired) electrons. The number of hydrogen-bond acceptors (Lipinski definition) is 3. The minimum Gasteiger partial charge on any atom is -0.327 e. The van der Waals surface area contributed by atoms with Crippen molar-refractivity contribution in [1.29, 1.82) is 0 Å². The molecule has 2 unspecified atom stereocenters. The van der Waals surface area contributed by atoms with Crippen LogP contribution in [0.4, 0.5) is 0 Å². The van der Waals surface area contributed by atoms with Crippen molar-refractivity contribution in [3.05, 3.63) is 30.1 Å². The zero-order chi connectivity index (χ0) is 13.9. The van der Waals surface area contributed by atoms with E-state index in [2.05, 4.69) is 42.9 Å². The lowest BCUT2D eigenvalue weighted by Gasteiger charge is -2.29. The van der Waals surface area contributed by atoms with E-state index >= 15 is 0 Å². The summed E-state index contributed by atoms with van der Waals surface area (Å²) in [6.07, 6.45) is 7.35. The number of hydrogen-bond donors (Lipinski definition) is 1. The molecule has 0 aliphatic heterocycles. The van der Waals surface area contributed by atoms with Gasteiger partial charge < -0.3 is 10.6 Å². The van der Waals surface area contributed by atoms with Crippen LogP contribution in [0.3, 0.4) is 0 Å². The first-order chi connectivity index (χ1) is 8.99. The molecule has 1 aliphatic rings. The monoisotopic (exact) mass is 261 g/mol. The molecular formula is C16H27N3. The molecule has 1 saturated carbocycles. The van der Waals surface area contributed by atoms with Gasteiger partial charge in [-0.25, -0.2) is 0 Å². The molecule has 0 amide bonds. The Balaban J connectivity index is 1.78. The van der Waals surface area contributed by atoms with Crippen LogP contribution in [0.1, 0.15) is 32.3 Å². The maximum absolute atomic E-state index is 6.38. The summed E-state index contributed by atoms with van der Waals surface area (Å²) in [5.41, 5.74) is 8.05. The number of aromatic nitrogens is 1. The average molecular weight is 261 g/mol. The third-order valence-corrected chi connectivity index (χ3v) is 4.65. The Bertz CT molecular complexity index is 388. The van der Waals surface area contributed by atoms with Gasteiger partial charge in [-0.1, -0.05) is 13.8 Å². The maximum atomic E-state index is 6.38. The quantitative estimate of drug-likeness (QED) is 0.884. The Morgan fingerprint density at radius 3 is 2.63 bits per heavy atom. The molecule has 3 heteroatoms. The van der Waals surface area contributed by atoms with Gasteiger partial charge in [-0.2, -0.15) is 0 Å². The highest BCUT2D eigenvalue weighted by Gasteiger charge is 2.39. The van der Waals surface area contributed by atoms with Gasteiger partial charge in [0, 0.05) is 31.5 Å². The van der Waals surface area contributed by atoms with Crippen molar-refractivity contribution >= 4 is 0 Å². The van der Waals surface area contributed by atoms with Gasteiger partial charge in [0.05, 0.1) is 0 Å². The Hall–Kier alpha value is -0.930. The van der Waals surface area contributed by atoms with Crippen molar-refractivity contribution in [3.63, 3.8) is 0 Å². The van der Waals surface area contributed by atoms with Crippen molar-refractivity contribution in [2.24, 2.45) is 17.1 Å². The topological polar surface area (TPSA) is 42.2 Å². The highest BCUT2D eigenvalue weighted by molar-refractivity contribution is 5.09. The summed E-state index contributed by atoms with van der Waals surface area (Å²) in [5.74, 6) is 0.650. The Labute approximate surface area is 117 Å². The largest absolute Gasteiger partial charge is 0.327 e. The van der Waals surface area contributed by atoms with Crippen molar-refractivity contribution in [2.45, 2.75) is 39.2 Å². The van der Waals surface area contributed by atoms with Crippen molar-refractivity contribution < 1.29 is 0 Å². The van der Waals surface area contributed by atoms with Crippen LogP contribution in [0.5, 0.6) is 0 Å². The molecule has 1 aromatic heterocycles. The van der Waals surface area contributed by atoms with E-state index in [1.807, 2.05) is 12.4 Å². The molecule has 0 spiro atoms. The lowest BCUT2D eigenvalue weighted by molar-refractivity contribution is 0.235. The molecule has 2 rings (SSSR count). The van der Waals surface area contributed by atoms with Crippen LogP contribution in [0, 0.1) is 11.3 Å². The van der Waals surface area contributed by atoms with Crippen molar-refractivity contribution in [3.8, 4) is 0 Å². The van der Waals surface area contributed by atoms with E-state index in [1.165, 1.54) is 18.4 Å². The lowest BCUT2D eigenvalue weighted by atomic mass is 9.85. The van der Waals surface area contributed by atoms with E-state index in [0.29, 0.717) is 17.4 Å². The fraction of sp³-hybridized carbons (Fsp3) is 0.688. The fourth-order valence-corrected chi connectivity index (χ4v) is 3.11. The van der Waals surface area contributed by atoms with Gasteiger partial charge in [-0.15, -0.1) is 0 Å². The first kappa shape index (κ1) is 14.5. The van der Waals surface area contributed by atoms with E-state index in [4.69, 9.17) is 5.73 Å². The van der Waals surface area contributed by atoms with Gasteiger partial charge in [-0.3, -0.25) is 4.98 Å². The second-order valence-electron chi connectivity index (χ2n) is 6.68. The smallest absolute Gasteiger partial charge is 0.0270 e. The molecule has 1 aromatic rings. The summed E-state index contributed by atoms with van der Waals surface area (Å²) in [6, 6.07) is 4.53. The predicted molar refractivity (Wildman–Crippen MR) is 79.9 cm³/mol. The molecule has 1 aliphatic carbocycles. The number of rotatable bonds is 5. The maximum Gasteiger partial charge on any atom is 0.0270 e. The second kappa shape index (κ2) is 6.02. The van der Waals surface area contributed by atoms with Gasteiger partial charge in [-0.05, 0) is 55.3 Å². The van der Waals surface area contributed by atoms with Gasteiger partial charge >= 0.3 is 0 Å². The van der Waals surface area contributed by atoms with Crippen LogP contribution in [0.25, 0.3) is 0 Å². The summed E-state index contributed by atoms with van der Waals surface area (Å²) in [4.78, 5) is 6.47. The van der Waals surface area contributed by atoms with E-state index < -0.39 is 0 Å². The summed E-state index contributed by atoms with van der Waals surface area (Å²) in [5, 5.41) is 0.